The van der Waals surface area contributed by atoms with Gasteiger partial charge in [-0.05, 0) is 171 Å². The molecular formula is C99H96IrN3. The van der Waals surface area contributed by atoms with Crippen molar-refractivity contribution in [3.8, 4) is 101 Å². The van der Waals surface area contributed by atoms with Crippen LogP contribution >= 0.6 is 0 Å². The summed E-state index contributed by atoms with van der Waals surface area (Å²) in [5.74, 6) is -0.252. The number of nitrogens with zero attached hydrogens (tertiary/aromatic N) is 3. The van der Waals surface area contributed by atoms with Crippen molar-refractivity contribution in [2.24, 2.45) is 0 Å². The molecule has 0 N–H and O–H groups in total. The second kappa shape index (κ2) is 28.7. The van der Waals surface area contributed by atoms with Crippen molar-refractivity contribution in [3.05, 3.63) is 318 Å². The van der Waals surface area contributed by atoms with Crippen LogP contribution in [0.15, 0.2) is 255 Å². The molecule has 13 aromatic rings. The molecule has 1 aliphatic carbocycles. The fourth-order valence-electron chi connectivity index (χ4n) is 15.1. The molecule has 2 unspecified atom stereocenters. The van der Waals surface area contributed by atoms with Crippen molar-refractivity contribution < 1.29 is 29.7 Å². The standard InChI is InChI=1S/C99H96N3.Ir/c1-95(2,3)73-40-45-80(90(59-73)85-43-38-67(56-87(85)65-27-18-16-19-28-65)92-61-75(47-50-100-92)97(7,8)9)71-53-70(79-34-24-25-35-82(79)84-42-37-69(94-63-77(49-52-102-94)99(13,14)15)58-89(84)83-36-26-32-64-31-22-23-33-78(64)83)54-72(55-71)81-46-41-74(96(4,5)6)60-91(81)86-44-39-68(57-88(86)66-29-20-17-21-30-66)93-62-76(48-51-101-93)98(10,11)12;/h16-36,40-52,56-63,70-72H,53-55H2,1-15H3;/q-3;+3/i22D,23D,26D,31D,32D,33D,36D;. The van der Waals surface area contributed by atoms with Crippen LogP contribution in [-0.4, -0.2) is 15.0 Å². The van der Waals surface area contributed by atoms with E-state index in [1.165, 1.54) is 33.4 Å². The Labute approximate surface area is 637 Å². The third-order valence-electron chi connectivity index (χ3n) is 21.0. The molecule has 4 heteroatoms. The molecule has 2 atom stereocenters. The van der Waals surface area contributed by atoms with E-state index < -0.39 is 30.2 Å². The van der Waals surface area contributed by atoms with Gasteiger partial charge in [-0.1, -0.05) is 336 Å². The van der Waals surface area contributed by atoms with Crippen LogP contribution in [0, 0.1) is 18.2 Å². The van der Waals surface area contributed by atoms with Crippen LogP contribution in [0.3, 0.4) is 0 Å². The van der Waals surface area contributed by atoms with E-state index in [-0.39, 0.29) is 93.4 Å². The van der Waals surface area contributed by atoms with Gasteiger partial charge in [-0.25, -0.2) is 0 Å². The number of fused-ring (bicyclic) bond motifs is 1. The first kappa shape index (κ1) is 63.3. The van der Waals surface area contributed by atoms with Gasteiger partial charge in [0.15, 0.2) is 0 Å². The van der Waals surface area contributed by atoms with Crippen LogP contribution < -0.4 is 0 Å². The van der Waals surface area contributed by atoms with Gasteiger partial charge in [-0.3, -0.25) is 0 Å². The predicted octanol–water partition coefficient (Wildman–Crippen LogP) is 26.7. The maximum atomic E-state index is 9.99. The minimum atomic E-state index is -0.505. The van der Waals surface area contributed by atoms with Crippen molar-refractivity contribution in [3.63, 3.8) is 0 Å². The van der Waals surface area contributed by atoms with Gasteiger partial charge in [0, 0.05) is 18.6 Å². The van der Waals surface area contributed by atoms with Gasteiger partial charge in [-0.15, -0.1) is 71.3 Å². The SMILES string of the molecule is [2H]c1c([2H])c([2H])c2c(-c3cc(-c4cc(C(C)(C)C)ccn4)[c-]cc3-c3ccccc3C3CC(c4ccc(C(C)(C)C)cc4-c4c[c-]c(-c5cc(C(C)(C)C)ccn5)cc4-c4ccccc4)CC(c4ccc(C(C)(C)C)cc4-c4c[c-]c(-c5cc(C(C)(C)C)ccn5)cc4-c4ccccc4)C3)c([2H])c([2H])c([2H])c2c1[2H].[Ir+3]. The molecule has 1 aliphatic rings. The molecule has 1 saturated carbocycles. The summed E-state index contributed by atoms with van der Waals surface area (Å²) < 4.78 is 65.8. The molecule has 0 aliphatic heterocycles. The Morgan fingerprint density at radius 2 is 0.660 bits per heavy atom. The summed E-state index contributed by atoms with van der Waals surface area (Å²) in [7, 11) is 0. The van der Waals surface area contributed by atoms with E-state index in [1.54, 1.807) is 6.20 Å². The Morgan fingerprint density at radius 1 is 0.311 bits per heavy atom. The first-order chi connectivity index (χ1) is 51.6. The van der Waals surface area contributed by atoms with Crippen LogP contribution in [0.2, 0.25) is 0 Å². The third kappa shape index (κ3) is 15.2. The summed E-state index contributed by atoms with van der Waals surface area (Å²) in [5, 5.41) is -0.0876. The topological polar surface area (TPSA) is 38.7 Å². The van der Waals surface area contributed by atoms with Gasteiger partial charge < -0.3 is 15.0 Å². The summed E-state index contributed by atoms with van der Waals surface area (Å²) in [4.78, 5) is 14.9. The van der Waals surface area contributed by atoms with Crippen LogP contribution in [0.25, 0.3) is 111 Å². The number of aromatic nitrogens is 3. The van der Waals surface area contributed by atoms with Crippen molar-refractivity contribution >= 4 is 10.8 Å². The Bertz CT molecular complexity index is 5450. The average molecular weight is 1530 g/mol. The van der Waals surface area contributed by atoms with E-state index in [2.05, 4.69) is 292 Å². The minimum Gasteiger partial charge on any atom is -0.305 e. The molecular weight excluding hydrogens is 1420 g/mol. The van der Waals surface area contributed by atoms with Gasteiger partial charge in [0.2, 0.25) is 0 Å². The van der Waals surface area contributed by atoms with Gasteiger partial charge in [-0.2, -0.15) is 0 Å². The average Bonchev–Trinajstić information content (AvgIpc) is 0.727. The smallest absolute Gasteiger partial charge is 0.305 e. The van der Waals surface area contributed by atoms with Crippen LogP contribution in [0.5, 0.6) is 0 Å². The molecule has 3 heterocycles. The first-order valence-electron chi connectivity index (χ1n) is 39.7. The van der Waals surface area contributed by atoms with Crippen molar-refractivity contribution in [1.82, 2.24) is 15.0 Å². The third-order valence-corrected chi connectivity index (χ3v) is 21.0. The summed E-state index contributed by atoms with van der Waals surface area (Å²) in [5.41, 5.74) is 24.3. The van der Waals surface area contributed by atoms with E-state index in [4.69, 9.17) is 17.7 Å². The Kier molecular flexibility index (Phi) is 17.6. The molecule has 0 spiro atoms. The zero-order valence-corrected chi connectivity index (χ0v) is 64.6. The second-order valence-electron chi connectivity index (χ2n) is 33.3. The molecule has 0 amide bonds. The molecule has 3 aromatic heterocycles. The molecule has 0 radical (unpaired) electrons. The molecule has 0 saturated heterocycles. The molecule has 3 nitrogen and oxygen atoms in total. The van der Waals surface area contributed by atoms with Crippen LogP contribution in [0.1, 0.15) is 195 Å². The summed E-state index contributed by atoms with van der Waals surface area (Å²) in [6, 6.07) is 78.4. The fraction of sp³-hybridized carbons (Fsp3) is 0.263. The minimum absolute atomic E-state index is 0. The molecule has 516 valence electrons. The normalized spacial score (nSPS) is 16.2. The molecule has 10 aromatic carbocycles. The Balaban J connectivity index is 0.0000106. The maximum Gasteiger partial charge on any atom is 3.00 e. The molecule has 103 heavy (non-hydrogen) atoms. The van der Waals surface area contributed by atoms with E-state index in [1.807, 2.05) is 36.7 Å². The summed E-state index contributed by atoms with van der Waals surface area (Å²) >= 11 is 0. The monoisotopic (exact) mass is 1530 g/mol. The second-order valence-corrected chi connectivity index (χ2v) is 33.3. The van der Waals surface area contributed by atoms with E-state index >= 15 is 0 Å². The number of hydrogen-bond donors (Lipinski definition) is 0. The van der Waals surface area contributed by atoms with Crippen molar-refractivity contribution in [2.75, 3.05) is 0 Å². The van der Waals surface area contributed by atoms with Crippen molar-refractivity contribution in [1.29, 1.82) is 0 Å². The van der Waals surface area contributed by atoms with Crippen LogP contribution in [0.4, 0.5) is 0 Å². The van der Waals surface area contributed by atoms with Crippen molar-refractivity contribution in [2.45, 2.75) is 168 Å². The zero-order chi connectivity index (χ0) is 77.6. The predicted molar refractivity (Wildman–Crippen MR) is 431 cm³/mol. The first-order valence-corrected chi connectivity index (χ1v) is 36.2. The zero-order valence-electron chi connectivity index (χ0n) is 69.2. The number of rotatable bonds is 12. The number of pyridine rings is 3. The summed E-state index contributed by atoms with van der Waals surface area (Å²) in [6.45, 7) is 33.6. The Morgan fingerprint density at radius 3 is 1.08 bits per heavy atom. The maximum absolute atomic E-state index is 9.99. The number of hydrogen-bond acceptors (Lipinski definition) is 3. The van der Waals surface area contributed by atoms with Gasteiger partial charge in [0.05, 0.1) is 9.60 Å². The van der Waals surface area contributed by atoms with Gasteiger partial charge in [0.1, 0.15) is 0 Å². The van der Waals surface area contributed by atoms with Gasteiger partial charge >= 0.3 is 20.1 Å². The summed E-state index contributed by atoms with van der Waals surface area (Å²) in [6.07, 6.45) is 7.90. The van der Waals surface area contributed by atoms with E-state index in [9.17, 15) is 6.85 Å². The van der Waals surface area contributed by atoms with Crippen LogP contribution in [-0.2, 0) is 47.2 Å². The Hall–Kier alpha value is -9.44. The quantitative estimate of drug-likeness (QED) is 0.114. The fourth-order valence-corrected chi connectivity index (χ4v) is 15.1. The van der Waals surface area contributed by atoms with E-state index in [0.717, 1.165) is 103 Å². The van der Waals surface area contributed by atoms with E-state index in [0.29, 0.717) is 22.4 Å². The molecule has 1 fully saturated rings. The van der Waals surface area contributed by atoms with Gasteiger partial charge in [0.25, 0.3) is 0 Å². The molecule has 14 rings (SSSR count). The largest absolute Gasteiger partial charge is 3.00 e. The molecule has 0 bridgehead atoms. The number of benzene rings is 10.